The molecule has 360 valence electrons. The molecule has 0 aromatic rings. The first-order valence-corrected chi connectivity index (χ1v) is 22.9. The molecule has 19 heteroatoms. The van der Waals surface area contributed by atoms with Crippen LogP contribution in [0.5, 0.6) is 0 Å². The fraction of sp³-hybridized carbons (Fsp3) is 0.837. The van der Waals surface area contributed by atoms with Gasteiger partial charge in [-0.3, -0.25) is 28.8 Å². The summed E-state index contributed by atoms with van der Waals surface area (Å²) >= 11 is 0. The Labute approximate surface area is 368 Å². The van der Waals surface area contributed by atoms with Crippen LogP contribution in [0, 0.1) is 0 Å². The van der Waals surface area contributed by atoms with Crippen molar-refractivity contribution in [2.45, 2.75) is 147 Å². The predicted octanol–water partition coefficient (Wildman–Crippen LogP) is 2.71. The number of carboxylic acid groups (broad SMARTS) is 2. The van der Waals surface area contributed by atoms with Gasteiger partial charge in [0.2, 0.25) is 29.5 Å². The van der Waals surface area contributed by atoms with E-state index in [4.69, 9.17) is 29.8 Å². The molecule has 0 rings (SSSR count). The monoisotopic (exact) mass is 889 g/mol. The van der Waals surface area contributed by atoms with E-state index in [1.165, 1.54) is 70.6 Å². The van der Waals surface area contributed by atoms with Crippen LogP contribution >= 0.6 is 0 Å². The van der Waals surface area contributed by atoms with Crippen LogP contribution < -0.4 is 32.3 Å². The molecule has 9 N–H and O–H groups in total. The van der Waals surface area contributed by atoms with Gasteiger partial charge in [-0.1, -0.05) is 103 Å². The molecule has 62 heavy (non-hydrogen) atoms. The summed E-state index contributed by atoms with van der Waals surface area (Å²) in [6, 6.07) is -1.14. The third kappa shape index (κ3) is 42.8. The summed E-state index contributed by atoms with van der Waals surface area (Å²) in [5.74, 6) is -3.51. The van der Waals surface area contributed by atoms with Gasteiger partial charge in [-0.05, 0) is 19.3 Å². The number of aliphatic carboxylic acids is 2. The normalized spacial score (nSPS) is 11.4. The van der Waals surface area contributed by atoms with Crippen molar-refractivity contribution < 1.29 is 62.7 Å². The minimum absolute atomic E-state index is 0.0234. The van der Waals surface area contributed by atoms with Gasteiger partial charge in [0.15, 0.2) is 0 Å². The van der Waals surface area contributed by atoms with Crippen molar-refractivity contribution in [1.82, 2.24) is 26.6 Å². The highest BCUT2D eigenvalue weighted by Gasteiger charge is 2.20. The van der Waals surface area contributed by atoms with Crippen LogP contribution in [0.1, 0.15) is 141 Å². The molecule has 0 heterocycles. The molecule has 0 bridgehead atoms. The molecule has 0 saturated carbocycles. The van der Waals surface area contributed by atoms with Gasteiger partial charge in [0.25, 0.3) is 0 Å². The van der Waals surface area contributed by atoms with E-state index in [1.807, 2.05) is 0 Å². The van der Waals surface area contributed by atoms with Gasteiger partial charge in [-0.15, -0.1) is 0 Å². The Kier molecular flexibility index (Phi) is 41.0. The summed E-state index contributed by atoms with van der Waals surface area (Å²) in [7, 11) is 0. The number of carbonyl (C=O) groups is 7. The molecule has 0 aromatic carbocycles. The second kappa shape index (κ2) is 43.7. The Morgan fingerprint density at radius 1 is 0.403 bits per heavy atom. The van der Waals surface area contributed by atoms with Crippen molar-refractivity contribution in [2.24, 2.45) is 5.73 Å². The molecule has 0 aliphatic heterocycles. The summed E-state index contributed by atoms with van der Waals surface area (Å²) in [4.78, 5) is 81.2. The molecule has 0 spiro atoms. The highest BCUT2D eigenvalue weighted by Crippen LogP contribution is 2.15. The maximum Gasteiger partial charge on any atom is 0.326 e. The van der Waals surface area contributed by atoms with Crippen LogP contribution in [-0.4, -0.2) is 143 Å². The Bertz CT molecular complexity index is 1200. The van der Waals surface area contributed by atoms with Gasteiger partial charge in [-0.2, -0.15) is 0 Å². The molecule has 0 radical (unpaired) electrons. The third-order valence-electron chi connectivity index (χ3n) is 9.64. The lowest BCUT2D eigenvalue weighted by Crippen LogP contribution is -2.41. The van der Waals surface area contributed by atoms with Crippen LogP contribution in [0.4, 0.5) is 0 Å². The van der Waals surface area contributed by atoms with Crippen molar-refractivity contribution in [2.75, 3.05) is 85.6 Å². The lowest BCUT2D eigenvalue weighted by molar-refractivity contribution is -0.142. The van der Waals surface area contributed by atoms with Gasteiger partial charge < -0.3 is 61.5 Å². The molecule has 0 aromatic heterocycles. The van der Waals surface area contributed by atoms with E-state index in [2.05, 4.69) is 26.6 Å². The molecule has 1 atom stereocenters. The Hall–Kier alpha value is -3.91. The molecule has 0 fully saturated rings. The number of carbonyl (C=O) groups excluding carboxylic acids is 5. The smallest absolute Gasteiger partial charge is 0.326 e. The number of hydrogen-bond acceptors (Lipinski definition) is 12. The fourth-order valence-corrected chi connectivity index (χ4v) is 6.15. The van der Waals surface area contributed by atoms with Crippen LogP contribution in [-0.2, 0) is 52.5 Å². The number of amides is 5. The van der Waals surface area contributed by atoms with Gasteiger partial charge in [0, 0.05) is 45.4 Å². The molecule has 19 nitrogen and oxygen atoms in total. The zero-order valence-electron chi connectivity index (χ0n) is 37.3. The second-order valence-corrected chi connectivity index (χ2v) is 15.2. The van der Waals surface area contributed by atoms with Crippen molar-refractivity contribution in [3.8, 4) is 0 Å². The lowest BCUT2D eigenvalue weighted by Gasteiger charge is -2.14. The third-order valence-corrected chi connectivity index (χ3v) is 9.64. The van der Waals surface area contributed by atoms with Crippen molar-refractivity contribution in [3.63, 3.8) is 0 Å². The second-order valence-electron chi connectivity index (χ2n) is 15.2. The summed E-state index contributed by atoms with van der Waals surface area (Å²) in [6.07, 6.45) is 21.1. The minimum atomic E-state index is -1.18. The number of nitrogens with two attached hydrogens (primary N) is 1. The maximum atomic E-state index is 12.4. The predicted molar refractivity (Wildman–Crippen MR) is 233 cm³/mol. The molecule has 0 unspecified atom stereocenters. The van der Waals surface area contributed by atoms with E-state index in [0.717, 1.165) is 38.5 Å². The average molecular weight is 889 g/mol. The number of carboxylic acids is 2. The van der Waals surface area contributed by atoms with Crippen molar-refractivity contribution in [3.05, 3.63) is 0 Å². The molecule has 0 aliphatic rings. The first-order valence-electron chi connectivity index (χ1n) is 22.9. The molecular formula is C43H80N6O13. The van der Waals surface area contributed by atoms with Crippen LogP contribution in [0.3, 0.4) is 0 Å². The van der Waals surface area contributed by atoms with Crippen molar-refractivity contribution >= 4 is 41.5 Å². The quantitative estimate of drug-likeness (QED) is 0.0408. The Morgan fingerprint density at radius 2 is 0.774 bits per heavy atom. The van der Waals surface area contributed by atoms with E-state index in [0.29, 0.717) is 6.42 Å². The minimum Gasteiger partial charge on any atom is -0.481 e. The molecular weight excluding hydrogens is 809 g/mol. The molecule has 0 aliphatic carbocycles. The summed E-state index contributed by atoms with van der Waals surface area (Å²) in [6.45, 7) is 1.83. The summed E-state index contributed by atoms with van der Waals surface area (Å²) in [5.41, 5.74) is 5.17. The van der Waals surface area contributed by atoms with Crippen molar-refractivity contribution in [1.29, 1.82) is 0 Å². The molecule has 5 amide bonds. The maximum absolute atomic E-state index is 12.4. The van der Waals surface area contributed by atoms with E-state index in [1.54, 1.807) is 0 Å². The fourth-order valence-electron chi connectivity index (χ4n) is 6.15. The topological polar surface area (TPSA) is 283 Å². The number of ether oxygens (including phenoxy) is 4. The Balaban J connectivity index is 3.62. The summed E-state index contributed by atoms with van der Waals surface area (Å²) in [5, 5.41) is 31.1. The number of unbranched alkanes of at least 4 members (excludes halogenated alkanes) is 17. The van der Waals surface area contributed by atoms with E-state index in [-0.39, 0.29) is 141 Å². The van der Waals surface area contributed by atoms with Gasteiger partial charge >= 0.3 is 11.9 Å². The standard InChI is InChI=1S/C43H80N6O13/c44-33-39(52)45-23-24-46-40(53)34-61-31-30-60-28-26-48-41(54)35-62-32-29-59-27-25-47-37(50)22-21-36(43(57)58)49-38(51)19-17-15-13-11-9-7-5-3-1-2-4-6-8-10-12-14-16-18-20-42(55)56/h36H,1-35,44H2,(H,45,52)(H,46,53)(H,47,50)(H,48,54)(H,49,51)(H,55,56)(H,57,58)/t36-/m0/s1. The largest absolute Gasteiger partial charge is 0.481 e. The van der Waals surface area contributed by atoms with Crippen LogP contribution in [0.2, 0.25) is 0 Å². The lowest BCUT2D eigenvalue weighted by atomic mass is 10.0. The summed E-state index contributed by atoms with van der Waals surface area (Å²) < 4.78 is 21.2. The highest BCUT2D eigenvalue weighted by atomic mass is 16.5. The van der Waals surface area contributed by atoms with Gasteiger partial charge in [0.1, 0.15) is 19.3 Å². The zero-order chi connectivity index (χ0) is 45.7. The Morgan fingerprint density at radius 3 is 1.19 bits per heavy atom. The highest BCUT2D eigenvalue weighted by molar-refractivity contribution is 5.84. The van der Waals surface area contributed by atoms with Gasteiger partial charge in [0.05, 0.1) is 46.2 Å². The van der Waals surface area contributed by atoms with Gasteiger partial charge in [-0.25, -0.2) is 4.79 Å². The van der Waals surface area contributed by atoms with E-state index in [9.17, 15) is 38.7 Å². The van der Waals surface area contributed by atoms with E-state index < -0.39 is 18.0 Å². The first-order chi connectivity index (χ1) is 30.0. The average Bonchev–Trinajstić information content (AvgIpc) is 3.24. The number of hydrogen-bond donors (Lipinski definition) is 8. The van der Waals surface area contributed by atoms with Crippen LogP contribution in [0.15, 0.2) is 0 Å². The zero-order valence-corrected chi connectivity index (χ0v) is 37.3. The van der Waals surface area contributed by atoms with Crippen LogP contribution in [0.25, 0.3) is 0 Å². The number of nitrogens with one attached hydrogen (secondary N) is 5. The SMILES string of the molecule is NCC(=O)NCCNC(=O)COCCOCCNC(=O)COCCOCCNC(=O)CC[C@H](NC(=O)CCCCCCCCCCCCCCCCCCCCC(=O)O)C(=O)O. The number of rotatable bonds is 46. The first kappa shape index (κ1) is 58.1. The van der Waals surface area contributed by atoms with E-state index >= 15 is 0 Å². The molecule has 0 saturated heterocycles.